The van der Waals surface area contributed by atoms with Crippen LogP contribution in [-0.2, 0) is 11.2 Å². The Morgan fingerprint density at radius 3 is 2.35 bits per heavy atom. The molecule has 0 aliphatic carbocycles. The number of carbonyl (C=O) groups is 1. The number of nitrogens with zero attached hydrogens (tertiary/aromatic N) is 2. The lowest BCUT2D eigenvalue weighted by molar-refractivity contribution is -0.117. The van der Waals surface area contributed by atoms with Gasteiger partial charge in [0.25, 0.3) is 5.91 Å². The zero-order valence-corrected chi connectivity index (χ0v) is 13.3. The molecule has 6 nitrogen and oxygen atoms in total. The second-order valence-corrected chi connectivity index (χ2v) is 5.48. The summed E-state index contributed by atoms with van der Waals surface area (Å²) < 4.78 is 0. The number of rotatable bonds is 4. The van der Waals surface area contributed by atoms with Gasteiger partial charge >= 0.3 is 0 Å². The molecule has 0 spiro atoms. The molecule has 0 saturated carbocycles. The Labute approximate surface area is 135 Å². The Morgan fingerprint density at radius 2 is 1.74 bits per heavy atom. The first-order chi connectivity index (χ1) is 10.9. The van der Waals surface area contributed by atoms with E-state index in [9.17, 15) is 4.79 Å². The Morgan fingerprint density at radius 1 is 1.09 bits per heavy atom. The van der Waals surface area contributed by atoms with E-state index in [1.807, 2.05) is 43.3 Å². The number of anilines is 3. The number of nitrogens with two attached hydrogens (primary N) is 3. The lowest BCUT2D eigenvalue weighted by atomic mass is 10.1. The van der Waals surface area contributed by atoms with Crippen molar-refractivity contribution in [3.05, 3.63) is 53.6 Å². The zero-order valence-electron chi connectivity index (χ0n) is 13.3. The quantitative estimate of drug-likeness (QED) is 0.449. The average molecular weight is 311 g/mol. The molecular formula is C17H21N5O. The highest BCUT2D eigenvalue weighted by Crippen LogP contribution is 2.16. The number of hydrogen-bond acceptors (Lipinski definition) is 4. The molecule has 2 rings (SSSR count). The van der Waals surface area contributed by atoms with Crippen molar-refractivity contribution in [1.82, 2.24) is 0 Å². The van der Waals surface area contributed by atoms with Crippen molar-refractivity contribution in [1.29, 1.82) is 0 Å². The Kier molecular flexibility index (Phi) is 4.85. The van der Waals surface area contributed by atoms with E-state index in [2.05, 4.69) is 4.99 Å². The Hall–Kier alpha value is -3.02. The molecule has 0 aliphatic heterocycles. The van der Waals surface area contributed by atoms with Crippen molar-refractivity contribution in [3.8, 4) is 0 Å². The molecular weight excluding hydrogens is 290 g/mol. The third kappa shape index (κ3) is 4.23. The van der Waals surface area contributed by atoms with E-state index < -0.39 is 0 Å². The lowest BCUT2D eigenvalue weighted by Gasteiger charge is -2.12. The van der Waals surface area contributed by atoms with Crippen molar-refractivity contribution >= 4 is 28.8 Å². The minimum atomic E-state index is -0.332. The topological polar surface area (TPSA) is 111 Å². The van der Waals surface area contributed by atoms with Crippen LogP contribution >= 0.6 is 0 Å². The van der Waals surface area contributed by atoms with Crippen LogP contribution in [0.15, 0.2) is 47.5 Å². The summed E-state index contributed by atoms with van der Waals surface area (Å²) in [5, 5.41) is 0. The van der Waals surface area contributed by atoms with Crippen LogP contribution in [0.5, 0.6) is 0 Å². The van der Waals surface area contributed by atoms with Crippen molar-refractivity contribution < 1.29 is 4.79 Å². The molecule has 120 valence electrons. The van der Waals surface area contributed by atoms with Gasteiger partial charge in [-0.3, -0.25) is 4.79 Å². The summed E-state index contributed by atoms with van der Waals surface area (Å²) in [7, 11) is 3.92. The zero-order chi connectivity index (χ0) is 17.0. The maximum Gasteiger partial charge on any atom is 0.252 e. The fourth-order valence-electron chi connectivity index (χ4n) is 2.12. The van der Waals surface area contributed by atoms with Gasteiger partial charge in [0.2, 0.25) is 0 Å². The van der Waals surface area contributed by atoms with Crippen molar-refractivity contribution in [2.45, 2.75) is 6.42 Å². The number of amides is 1. The van der Waals surface area contributed by atoms with Gasteiger partial charge < -0.3 is 22.1 Å². The van der Waals surface area contributed by atoms with Crippen LogP contribution in [0.2, 0.25) is 0 Å². The molecule has 23 heavy (non-hydrogen) atoms. The fraction of sp³-hybridized carbons (Fsp3) is 0.176. The number of carbonyl (C=O) groups excluding carboxylic acids is 1. The summed E-state index contributed by atoms with van der Waals surface area (Å²) in [5.41, 5.74) is 20.8. The normalized spacial score (nSPS) is 11.3. The van der Waals surface area contributed by atoms with E-state index in [1.54, 1.807) is 18.2 Å². The molecule has 2 aromatic carbocycles. The van der Waals surface area contributed by atoms with Gasteiger partial charge in [-0.15, -0.1) is 0 Å². The van der Waals surface area contributed by atoms with Gasteiger partial charge in [-0.25, -0.2) is 0 Å². The summed E-state index contributed by atoms with van der Waals surface area (Å²) in [6.45, 7) is 0. The van der Waals surface area contributed by atoms with E-state index >= 15 is 0 Å². The average Bonchev–Trinajstić information content (AvgIpc) is 2.50. The molecule has 0 bridgehead atoms. The third-order valence-electron chi connectivity index (χ3n) is 3.41. The molecule has 0 heterocycles. The van der Waals surface area contributed by atoms with Crippen LogP contribution in [-0.4, -0.2) is 25.8 Å². The largest absolute Gasteiger partial charge is 0.399 e. The molecule has 2 aromatic rings. The monoisotopic (exact) mass is 311 g/mol. The molecule has 0 atom stereocenters. The highest BCUT2D eigenvalue weighted by Gasteiger charge is 2.08. The van der Waals surface area contributed by atoms with Crippen molar-refractivity contribution in [3.63, 3.8) is 0 Å². The minimum absolute atomic E-state index is 0.0738. The summed E-state index contributed by atoms with van der Waals surface area (Å²) in [4.78, 5) is 18.0. The molecule has 6 heteroatoms. The number of nitrogen functional groups attached to an aromatic ring is 2. The summed E-state index contributed by atoms with van der Waals surface area (Å²) in [6.07, 6.45) is 0.177. The maximum absolute atomic E-state index is 12.1. The van der Waals surface area contributed by atoms with Crippen molar-refractivity contribution in [2.24, 2.45) is 10.7 Å². The second kappa shape index (κ2) is 6.83. The smallest absolute Gasteiger partial charge is 0.252 e. The van der Waals surface area contributed by atoms with Crippen LogP contribution in [0.4, 0.5) is 17.1 Å². The standard InChI is InChI=1S/C17H21N5O/c1-22(2)13-6-3-11(4-7-13)9-16(23)21-17(20)14-10-12(18)5-8-15(14)19/h3-8,10H,9,18-19H2,1-2H3,(H2,20,21,23). The highest BCUT2D eigenvalue weighted by molar-refractivity contribution is 6.08. The first-order valence-electron chi connectivity index (χ1n) is 7.15. The molecule has 0 aliphatic rings. The fourth-order valence-corrected chi connectivity index (χ4v) is 2.12. The SMILES string of the molecule is CN(C)c1ccc(CC(=O)N=C(N)c2cc(N)ccc2N)cc1. The Balaban J connectivity index is 2.12. The first kappa shape index (κ1) is 16.4. The van der Waals surface area contributed by atoms with E-state index in [4.69, 9.17) is 17.2 Å². The summed E-state index contributed by atoms with van der Waals surface area (Å²) in [5.74, 6) is -0.258. The number of amidine groups is 1. The minimum Gasteiger partial charge on any atom is -0.399 e. The van der Waals surface area contributed by atoms with E-state index in [1.165, 1.54) is 0 Å². The molecule has 0 unspecified atom stereocenters. The van der Waals surface area contributed by atoms with E-state index in [-0.39, 0.29) is 18.2 Å². The van der Waals surface area contributed by atoms with Gasteiger partial charge in [0, 0.05) is 36.7 Å². The third-order valence-corrected chi connectivity index (χ3v) is 3.41. The summed E-state index contributed by atoms with van der Waals surface area (Å²) in [6, 6.07) is 12.6. The van der Waals surface area contributed by atoms with Crippen LogP contribution in [0.1, 0.15) is 11.1 Å². The predicted octanol–water partition coefficient (Wildman–Crippen LogP) is 1.39. The number of hydrogen-bond donors (Lipinski definition) is 3. The molecule has 0 radical (unpaired) electrons. The van der Waals surface area contributed by atoms with E-state index in [0.29, 0.717) is 16.9 Å². The van der Waals surface area contributed by atoms with Gasteiger partial charge in [0.1, 0.15) is 5.84 Å². The second-order valence-electron chi connectivity index (χ2n) is 5.48. The van der Waals surface area contributed by atoms with Gasteiger partial charge in [-0.2, -0.15) is 4.99 Å². The van der Waals surface area contributed by atoms with Crippen LogP contribution in [0.3, 0.4) is 0 Å². The van der Waals surface area contributed by atoms with Gasteiger partial charge in [0.05, 0.1) is 6.42 Å². The van der Waals surface area contributed by atoms with Crippen LogP contribution in [0.25, 0.3) is 0 Å². The highest BCUT2D eigenvalue weighted by atomic mass is 16.1. The molecule has 0 fully saturated rings. The van der Waals surface area contributed by atoms with Crippen molar-refractivity contribution in [2.75, 3.05) is 30.5 Å². The predicted molar refractivity (Wildman–Crippen MR) is 95.5 cm³/mol. The van der Waals surface area contributed by atoms with Gasteiger partial charge in [-0.05, 0) is 35.9 Å². The first-order valence-corrected chi connectivity index (χ1v) is 7.15. The summed E-state index contributed by atoms with van der Waals surface area (Å²) >= 11 is 0. The number of aliphatic imine (C=N–C) groups is 1. The van der Waals surface area contributed by atoms with Gasteiger partial charge in [0.15, 0.2) is 0 Å². The molecule has 0 saturated heterocycles. The van der Waals surface area contributed by atoms with Crippen LogP contribution in [0, 0.1) is 0 Å². The number of benzene rings is 2. The molecule has 1 amide bonds. The molecule has 0 aromatic heterocycles. The van der Waals surface area contributed by atoms with Gasteiger partial charge in [-0.1, -0.05) is 12.1 Å². The van der Waals surface area contributed by atoms with E-state index in [0.717, 1.165) is 11.3 Å². The Bertz CT molecular complexity index is 735. The van der Waals surface area contributed by atoms with Crippen LogP contribution < -0.4 is 22.1 Å². The maximum atomic E-state index is 12.1. The lowest BCUT2D eigenvalue weighted by Crippen LogP contribution is -2.18. The molecule has 6 N–H and O–H groups in total.